The summed E-state index contributed by atoms with van der Waals surface area (Å²) >= 11 is 0. The molecule has 0 saturated heterocycles. The Labute approximate surface area is 156 Å². The number of nitrogens with zero attached hydrogens (tertiary/aromatic N) is 3. The lowest BCUT2D eigenvalue weighted by molar-refractivity contribution is -0.0498. The van der Waals surface area contributed by atoms with Crippen molar-refractivity contribution >= 4 is 5.91 Å². The summed E-state index contributed by atoms with van der Waals surface area (Å²) in [6, 6.07) is 6.02. The van der Waals surface area contributed by atoms with Crippen molar-refractivity contribution in [2.75, 3.05) is 0 Å². The molecule has 1 amide bonds. The van der Waals surface area contributed by atoms with E-state index >= 15 is 0 Å². The molecule has 0 radical (unpaired) electrons. The summed E-state index contributed by atoms with van der Waals surface area (Å²) < 4.78 is 30.3. The zero-order chi connectivity index (χ0) is 19.6. The smallest absolute Gasteiger partial charge is 0.387 e. The molecule has 1 fully saturated rings. The molecule has 8 heteroatoms. The number of aromatic nitrogens is 3. The van der Waals surface area contributed by atoms with Crippen LogP contribution < -0.4 is 10.1 Å². The van der Waals surface area contributed by atoms with E-state index in [0.29, 0.717) is 17.3 Å². The van der Waals surface area contributed by atoms with Gasteiger partial charge in [0.15, 0.2) is 5.69 Å². The van der Waals surface area contributed by atoms with E-state index in [1.807, 2.05) is 0 Å². The molecule has 146 valence electrons. The van der Waals surface area contributed by atoms with Crippen LogP contribution in [0.1, 0.15) is 55.7 Å². The van der Waals surface area contributed by atoms with Crippen molar-refractivity contribution in [3.8, 4) is 11.4 Å². The van der Waals surface area contributed by atoms with Crippen molar-refractivity contribution < 1.29 is 18.3 Å². The van der Waals surface area contributed by atoms with Crippen LogP contribution in [0.15, 0.2) is 24.3 Å². The first-order chi connectivity index (χ1) is 12.8. The average molecular weight is 378 g/mol. The van der Waals surface area contributed by atoms with Gasteiger partial charge in [-0.1, -0.05) is 12.1 Å². The quantitative estimate of drug-likeness (QED) is 0.857. The second-order valence-electron chi connectivity index (χ2n) is 7.50. The number of rotatable bonds is 5. The summed E-state index contributed by atoms with van der Waals surface area (Å²) in [4.78, 5) is 12.7. The first-order valence-corrected chi connectivity index (χ1v) is 9.07. The van der Waals surface area contributed by atoms with Crippen LogP contribution in [-0.2, 0) is 0 Å². The van der Waals surface area contributed by atoms with Gasteiger partial charge < -0.3 is 10.1 Å². The first kappa shape index (κ1) is 19.3. The summed E-state index contributed by atoms with van der Waals surface area (Å²) in [5.41, 5.74) is 1.23. The fourth-order valence-corrected chi connectivity index (χ4v) is 3.41. The molecule has 0 aliphatic heterocycles. The van der Waals surface area contributed by atoms with Crippen LogP contribution >= 0.6 is 0 Å². The van der Waals surface area contributed by atoms with Crippen molar-refractivity contribution in [3.05, 3.63) is 35.7 Å². The molecule has 1 N–H and O–H groups in total. The summed E-state index contributed by atoms with van der Waals surface area (Å²) in [5.74, 6) is 0.506. The molecule has 0 atom stereocenters. The van der Waals surface area contributed by atoms with Crippen molar-refractivity contribution in [3.63, 3.8) is 0 Å². The zero-order valence-corrected chi connectivity index (χ0v) is 15.7. The summed E-state index contributed by atoms with van der Waals surface area (Å²) in [6.07, 6.45) is 4.07. The van der Waals surface area contributed by atoms with Crippen LogP contribution in [0.3, 0.4) is 0 Å². The Kier molecular flexibility index (Phi) is 5.43. The number of halogens is 2. The number of hydrogen-bond acceptors (Lipinski definition) is 4. The van der Waals surface area contributed by atoms with E-state index in [9.17, 15) is 13.6 Å². The molecule has 27 heavy (non-hydrogen) atoms. The van der Waals surface area contributed by atoms with E-state index in [-0.39, 0.29) is 22.9 Å². The molecule has 1 aromatic heterocycles. The molecule has 2 aromatic rings. The van der Waals surface area contributed by atoms with Gasteiger partial charge in [-0.05, 0) is 69.7 Å². The second-order valence-corrected chi connectivity index (χ2v) is 7.50. The van der Waals surface area contributed by atoms with Gasteiger partial charge in [-0.3, -0.25) is 4.79 Å². The molecular weight excluding hydrogens is 354 g/mol. The molecule has 6 nitrogen and oxygen atoms in total. The highest BCUT2D eigenvalue weighted by Crippen LogP contribution is 2.31. The number of hydrogen-bond donors (Lipinski definition) is 1. The maximum Gasteiger partial charge on any atom is 0.387 e. The van der Waals surface area contributed by atoms with Gasteiger partial charge in [-0.15, -0.1) is 5.10 Å². The third kappa shape index (κ3) is 4.43. The van der Waals surface area contributed by atoms with Crippen LogP contribution in [0.4, 0.5) is 8.78 Å². The van der Waals surface area contributed by atoms with E-state index in [4.69, 9.17) is 0 Å². The van der Waals surface area contributed by atoms with Crippen molar-refractivity contribution in [1.82, 2.24) is 20.3 Å². The minimum absolute atomic E-state index is 0.0592. The van der Waals surface area contributed by atoms with Gasteiger partial charge in [0.05, 0.1) is 11.4 Å². The highest BCUT2D eigenvalue weighted by molar-refractivity contribution is 5.93. The van der Waals surface area contributed by atoms with Crippen LogP contribution in [0.25, 0.3) is 5.69 Å². The van der Waals surface area contributed by atoms with Gasteiger partial charge >= 0.3 is 6.61 Å². The summed E-state index contributed by atoms with van der Waals surface area (Å²) in [7, 11) is 0. The van der Waals surface area contributed by atoms with E-state index in [1.54, 1.807) is 19.1 Å². The van der Waals surface area contributed by atoms with Gasteiger partial charge in [0.1, 0.15) is 5.75 Å². The lowest BCUT2D eigenvalue weighted by Gasteiger charge is -2.36. The predicted molar refractivity (Wildman–Crippen MR) is 96.2 cm³/mol. The third-order valence-electron chi connectivity index (χ3n) is 5.21. The van der Waals surface area contributed by atoms with Gasteiger partial charge in [-0.2, -0.15) is 8.78 Å². The number of carbonyl (C=O) groups is 1. The Bertz CT molecular complexity index is 797. The molecule has 1 aliphatic rings. The largest absolute Gasteiger partial charge is 0.435 e. The van der Waals surface area contributed by atoms with Gasteiger partial charge in [-0.25, -0.2) is 4.68 Å². The molecule has 1 heterocycles. The maximum atomic E-state index is 12.7. The van der Waals surface area contributed by atoms with Crippen LogP contribution in [0, 0.1) is 12.8 Å². The normalized spacial score (nSPS) is 22.7. The zero-order valence-electron chi connectivity index (χ0n) is 15.7. The number of benzene rings is 1. The van der Waals surface area contributed by atoms with Crippen LogP contribution in [0.2, 0.25) is 0 Å². The van der Waals surface area contributed by atoms with Gasteiger partial charge in [0, 0.05) is 5.54 Å². The summed E-state index contributed by atoms with van der Waals surface area (Å²) in [5, 5.41) is 11.2. The standard InChI is InChI=1S/C19H24F2N4O2/c1-12-8-10-19(3,11-9-12)22-17(26)16-13(2)25(24-23-16)14-4-6-15(7-5-14)27-18(20)21/h4-7,12,18H,8-11H2,1-3H3,(H,22,26). The minimum atomic E-state index is -2.87. The van der Waals surface area contributed by atoms with E-state index in [1.165, 1.54) is 16.8 Å². The van der Waals surface area contributed by atoms with Crippen molar-refractivity contribution in [2.45, 2.75) is 58.6 Å². The van der Waals surface area contributed by atoms with Gasteiger partial charge in [0.2, 0.25) is 0 Å². The fourth-order valence-electron chi connectivity index (χ4n) is 3.41. The van der Waals surface area contributed by atoms with Gasteiger partial charge in [0.25, 0.3) is 5.91 Å². The molecule has 1 aromatic carbocycles. The Morgan fingerprint density at radius 1 is 1.30 bits per heavy atom. The van der Waals surface area contributed by atoms with Crippen molar-refractivity contribution in [2.24, 2.45) is 5.92 Å². The van der Waals surface area contributed by atoms with Crippen LogP contribution in [0.5, 0.6) is 5.75 Å². The minimum Gasteiger partial charge on any atom is -0.435 e. The van der Waals surface area contributed by atoms with Crippen molar-refractivity contribution in [1.29, 1.82) is 0 Å². The number of ether oxygens (including phenoxy) is 1. The predicted octanol–water partition coefficient (Wildman–Crippen LogP) is 3.88. The Morgan fingerprint density at radius 3 is 2.52 bits per heavy atom. The second kappa shape index (κ2) is 7.62. The SMILES string of the molecule is Cc1c(C(=O)NC2(C)CCC(C)CC2)nnn1-c1ccc(OC(F)F)cc1. The first-order valence-electron chi connectivity index (χ1n) is 9.07. The Balaban J connectivity index is 1.74. The average Bonchev–Trinajstić information content (AvgIpc) is 3.00. The third-order valence-corrected chi connectivity index (χ3v) is 5.21. The number of nitrogens with one attached hydrogen (secondary N) is 1. The number of amides is 1. The number of alkyl halides is 2. The molecule has 3 rings (SSSR count). The summed E-state index contributed by atoms with van der Waals surface area (Å²) in [6.45, 7) is 3.18. The highest BCUT2D eigenvalue weighted by Gasteiger charge is 2.32. The lowest BCUT2D eigenvalue weighted by atomic mass is 9.78. The molecule has 1 aliphatic carbocycles. The number of carbonyl (C=O) groups excluding carboxylic acids is 1. The molecular formula is C19H24F2N4O2. The van der Waals surface area contributed by atoms with E-state index < -0.39 is 6.61 Å². The van der Waals surface area contributed by atoms with E-state index in [0.717, 1.165) is 25.7 Å². The highest BCUT2D eigenvalue weighted by atomic mass is 19.3. The Hall–Kier alpha value is -2.51. The molecule has 0 bridgehead atoms. The lowest BCUT2D eigenvalue weighted by Crippen LogP contribution is -2.48. The molecule has 1 saturated carbocycles. The fraction of sp³-hybridized carbons (Fsp3) is 0.526. The topological polar surface area (TPSA) is 69.0 Å². The monoisotopic (exact) mass is 378 g/mol. The maximum absolute atomic E-state index is 12.7. The van der Waals surface area contributed by atoms with Crippen LogP contribution in [-0.4, -0.2) is 33.1 Å². The molecule has 0 unspecified atom stereocenters. The van der Waals surface area contributed by atoms with E-state index in [2.05, 4.69) is 34.2 Å². The Morgan fingerprint density at radius 2 is 1.93 bits per heavy atom. The molecule has 0 spiro atoms.